The average molecular weight is 474 g/mol. The fraction of sp³-hybridized carbons (Fsp3) is 0.444. The highest BCUT2D eigenvalue weighted by atomic mass is 127. The van der Waals surface area contributed by atoms with Crippen LogP contribution in [0.4, 0.5) is 0 Å². The van der Waals surface area contributed by atoms with Crippen molar-refractivity contribution >= 4 is 41.3 Å². The number of rotatable bonds is 7. The Bertz CT molecular complexity index is 668. The Hall–Kier alpha value is -1.35. The minimum absolute atomic E-state index is 0. The first kappa shape index (κ1) is 21.7. The highest BCUT2D eigenvalue weighted by Crippen LogP contribution is 2.17. The summed E-state index contributed by atoms with van der Waals surface area (Å²) in [5, 5.41) is 7.70. The Morgan fingerprint density at radius 1 is 1.28 bits per heavy atom. The van der Waals surface area contributed by atoms with Crippen molar-refractivity contribution in [1.82, 2.24) is 15.6 Å². The van der Waals surface area contributed by atoms with Crippen molar-refractivity contribution in [3.05, 3.63) is 45.4 Å². The van der Waals surface area contributed by atoms with Crippen LogP contribution in [0.3, 0.4) is 0 Å². The number of aromatic nitrogens is 1. The number of hydrogen-bond donors (Lipinski definition) is 2. The van der Waals surface area contributed by atoms with Gasteiger partial charge in [0.25, 0.3) is 0 Å². The fourth-order valence-corrected chi connectivity index (χ4v) is 3.11. The van der Waals surface area contributed by atoms with Gasteiger partial charge in [0.15, 0.2) is 5.96 Å². The number of guanidine groups is 1. The normalized spacial score (nSPS) is 11.0. The molecule has 0 amide bonds. The van der Waals surface area contributed by atoms with Crippen LogP contribution in [0, 0.1) is 13.8 Å². The van der Waals surface area contributed by atoms with Crippen LogP contribution in [0.2, 0.25) is 0 Å². The molecule has 0 saturated heterocycles. The molecule has 0 spiro atoms. The molecule has 0 aliphatic rings. The Morgan fingerprint density at radius 2 is 2.08 bits per heavy atom. The first-order valence-electron chi connectivity index (χ1n) is 8.20. The number of nitrogens with zero attached hydrogens (tertiary/aromatic N) is 2. The summed E-state index contributed by atoms with van der Waals surface area (Å²) in [6, 6.07) is 8.14. The van der Waals surface area contributed by atoms with Gasteiger partial charge in [-0.15, -0.1) is 35.3 Å². The van der Waals surface area contributed by atoms with E-state index in [-0.39, 0.29) is 24.0 Å². The van der Waals surface area contributed by atoms with Crippen LogP contribution in [0.1, 0.15) is 28.1 Å². The lowest BCUT2D eigenvalue weighted by Gasteiger charge is -2.11. The smallest absolute Gasteiger partial charge is 0.191 e. The molecule has 0 unspecified atom stereocenters. The lowest BCUT2D eigenvalue weighted by atomic mass is 10.1. The number of methoxy groups -OCH3 is 1. The van der Waals surface area contributed by atoms with Gasteiger partial charge in [0, 0.05) is 18.0 Å². The average Bonchev–Trinajstić information content (AvgIpc) is 2.91. The van der Waals surface area contributed by atoms with Gasteiger partial charge < -0.3 is 15.4 Å². The van der Waals surface area contributed by atoms with Crippen LogP contribution in [-0.2, 0) is 13.0 Å². The number of ether oxygens (including phenoxy) is 1. The molecule has 2 N–H and O–H groups in total. The lowest BCUT2D eigenvalue weighted by Crippen LogP contribution is -2.38. The molecule has 0 aliphatic heterocycles. The van der Waals surface area contributed by atoms with Crippen molar-refractivity contribution in [2.24, 2.45) is 4.99 Å². The Morgan fingerprint density at radius 3 is 2.72 bits per heavy atom. The third kappa shape index (κ3) is 7.19. The van der Waals surface area contributed by atoms with Crippen molar-refractivity contribution in [1.29, 1.82) is 0 Å². The number of halogens is 1. The molecular formula is C18H27IN4OS. The molecule has 1 heterocycles. The van der Waals surface area contributed by atoms with Crippen molar-refractivity contribution in [2.45, 2.75) is 33.7 Å². The van der Waals surface area contributed by atoms with Gasteiger partial charge in [0.2, 0.25) is 0 Å². The number of aryl methyl sites for hydroxylation is 2. The van der Waals surface area contributed by atoms with Gasteiger partial charge in [-0.1, -0.05) is 12.1 Å². The summed E-state index contributed by atoms with van der Waals surface area (Å²) in [6.07, 6.45) is 0.914. The van der Waals surface area contributed by atoms with Crippen molar-refractivity contribution in [3.63, 3.8) is 0 Å². The van der Waals surface area contributed by atoms with Gasteiger partial charge in [-0.05, 0) is 44.9 Å². The second-order valence-electron chi connectivity index (χ2n) is 5.47. The monoisotopic (exact) mass is 474 g/mol. The second kappa shape index (κ2) is 11.3. The minimum atomic E-state index is 0. The van der Waals surface area contributed by atoms with Crippen LogP contribution in [0.5, 0.6) is 5.75 Å². The van der Waals surface area contributed by atoms with E-state index in [1.165, 1.54) is 10.4 Å². The van der Waals surface area contributed by atoms with Gasteiger partial charge in [0.05, 0.1) is 19.3 Å². The minimum Gasteiger partial charge on any atom is -0.497 e. The summed E-state index contributed by atoms with van der Waals surface area (Å²) in [5.41, 5.74) is 2.34. The van der Waals surface area contributed by atoms with Crippen molar-refractivity contribution in [3.8, 4) is 5.75 Å². The lowest BCUT2D eigenvalue weighted by molar-refractivity contribution is 0.414. The molecule has 25 heavy (non-hydrogen) atoms. The summed E-state index contributed by atoms with van der Waals surface area (Å²) in [7, 11) is 1.69. The third-order valence-corrected chi connectivity index (χ3v) is 4.69. The number of benzene rings is 1. The number of aliphatic imine (C=N–C) groups is 1. The summed E-state index contributed by atoms with van der Waals surface area (Å²) >= 11 is 1.71. The van der Waals surface area contributed by atoms with Crippen LogP contribution in [-0.4, -0.2) is 31.1 Å². The van der Waals surface area contributed by atoms with E-state index in [9.17, 15) is 0 Å². The third-order valence-electron chi connectivity index (χ3n) is 3.63. The highest BCUT2D eigenvalue weighted by molar-refractivity contribution is 14.0. The van der Waals surface area contributed by atoms with Gasteiger partial charge in [-0.2, -0.15) is 0 Å². The van der Waals surface area contributed by atoms with Gasteiger partial charge in [-0.25, -0.2) is 9.98 Å². The zero-order valence-corrected chi connectivity index (χ0v) is 18.4. The Labute approximate surface area is 171 Å². The number of hydrogen-bond acceptors (Lipinski definition) is 4. The maximum Gasteiger partial charge on any atom is 0.191 e. The topological polar surface area (TPSA) is 58.5 Å². The molecule has 0 aliphatic carbocycles. The van der Waals surface area contributed by atoms with E-state index >= 15 is 0 Å². The predicted octanol–water partition coefficient (Wildman–Crippen LogP) is 3.68. The van der Waals surface area contributed by atoms with E-state index in [0.717, 1.165) is 41.9 Å². The quantitative estimate of drug-likeness (QED) is 0.365. The van der Waals surface area contributed by atoms with E-state index in [4.69, 9.17) is 4.74 Å². The zero-order chi connectivity index (χ0) is 17.4. The molecule has 1 aromatic heterocycles. The molecule has 5 nitrogen and oxygen atoms in total. The number of thiazole rings is 1. The molecule has 0 saturated carbocycles. The molecule has 0 fully saturated rings. The zero-order valence-electron chi connectivity index (χ0n) is 15.3. The SMILES string of the molecule is CCNC(=NCc1nc(C)c(C)s1)NCCc1cccc(OC)c1.I. The summed E-state index contributed by atoms with van der Waals surface area (Å²) in [5.74, 6) is 1.72. The van der Waals surface area contributed by atoms with E-state index in [0.29, 0.717) is 6.54 Å². The molecule has 2 aromatic rings. The van der Waals surface area contributed by atoms with Gasteiger partial charge >= 0.3 is 0 Å². The van der Waals surface area contributed by atoms with Crippen LogP contribution < -0.4 is 15.4 Å². The second-order valence-corrected chi connectivity index (χ2v) is 6.76. The maximum absolute atomic E-state index is 5.26. The van der Waals surface area contributed by atoms with Gasteiger partial charge in [0.1, 0.15) is 10.8 Å². The molecule has 2 rings (SSSR count). The maximum atomic E-state index is 5.26. The first-order chi connectivity index (χ1) is 11.6. The van der Waals surface area contributed by atoms with Crippen LogP contribution >= 0.6 is 35.3 Å². The summed E-state index contributed by atoms with van der Waals surface area (Å²) < 4.78 is 5.26. The molecule has 0 atom stereocenters. The van der Waals surface area contributed by atoms with E-state index in [1.54, 1.807) is 18.4 Å². The first-order valence-corrected chi connectivity index (χ1v) is 9.02. The Kier molecular flexibility index (Phi) is 9.81. The predicted molar refractivity (Wildman–Crippen MR) is 117 cm³/mol. The molecule has 138 valence electrons. The highest BCUT2D eigenvalue weighted by Gasteiger charge is 2.04. The summed E-state index contributed by atoms with van der Waals surface area (Å²) in [6.45, 7) is 8.45. The fourth-order valence-electron chi connectivity index (χ4n) is 2.25. The van der Waals surface area contributed by atoms with Gasteiger partial charge in [-0.3, -0.25) is 0 Å². The largest absolute Gasteiger partial charge is 0.497 e. The van der Waals surface area contributed by atoms with E-state index < -0.39 is 0 Å². The van der Waals surface area contributed by atoms with E-state index in [2.05, 4.69) is 46.6 Å². The van der Waals surface area contributed by atoms with E-state index in [1.807, 2.05) is 19.1 Å². The van der Waals surface area contributed by atoms with Crippen LogP contribution in [0.25, 0.3) is 0 Å². The molecule has 0 bridgehead atoms. The summed E-state index contributed by atoms with van der Waals surface area (Å²) in [4.78, 5) is 10.4. The molecule has 1 aromatic carbocycles. The van der Waals surface area contributed by atoms with Crippen LogP contribution in [0.15, 0.2) is 29.3 Å². The molecule has 7 heteroatoms. The van der Waals surface area contributed by atoms with Crippen molar-refractivity contribution < 1.29 is 4.74 Å². The molecular weight excluding hydrogens is 447 g/mol. The standard InChI is InChI=1S/C18H26N4OS.HI/c1-5-19-18(21-12-17-22-13(2)14(3)24-17)20-10-9-15-7-6-8-16(11-15)23-4;/h6-8,11H,5,9-10,12H2,1-4H3,(H2,19,20,21);1H. The Balaban J connectivity index is 0.00000312. The number of nitrogens with one attached hydrogen (secondary N) is 2. The van der Waals surface area contributed by atoms with Crippen molar-refractivity contribution in [2.75, 3.05) is 20.2 Å². The molecule has 0 radical (unpaired) electrons.